The first-order chi connectivity index (χ1) is 11.0. The van der Waals surface area contributed by atoms with Crippen LogP contribution in [0, 0.1) is 5.82 Å². The third-order valence-electron chi connectivity index (χ3n) is 3.73. The highest BCUT2D eigenvalue weighted by Gasteiger charge is 2.23. The van der Waals surface area contributed by atoms with Gasteiger partial charge in [0.2, 0.25) is 0 Å². The zero-order valence-electron chi connectivity index (χ0n) is 12.6. The summed E-state index contributed by atoms with van der Waals surface area (Å²) in [7, 11) is 0. The summed E-state index contributed by atoms with van der Waals surface area (Å²) < 4.78 is 18.7. The lowest BCUT2D eigenvalue weighted by atomic mass is 10.2. The number of anilines is 1. The Balaban J connectivity index is 1.61. The molecular weight excluding hydrogens is 317 g/mol. The van der Waals surface area contributed by atoms with Crippen LogP contribution in [0.4, 0.5) is 10.1 Å². The van der Waals surface area contributed by atoms with Crippen LogP contribution in [-0.4, -0.2) is 18.0 Å². The fourth-order valence-electron chi connectivity index (χ4n) is 2.50. The van der Waals surface area contributed by atoms with Crippen molar-refractivity contribution in [2.24, 2.45) is 0 Å². The van der Waals surface area contributed by atoms with E-state index >= 15 is 0 Å². The smallest absolute Gasteiger partial charge is 0.349 e. The maximum atomic E-state index is 13.5. The van der Waals surface area contributed by atoms with Crippen molar-refractivity contribution >= 4 is 28.9 Å². The van der Waals surface area contributed by atoms with Crippen LogP contribution in [-0.2, 0) is 22.4 Å². The Kier molecular flexibility index (Phi) is 4.43. The first-order valence-electron chi connectivity index (χ1n) is 7.42. The van der Waals surface area contributed by atoms with Crippen LogP contribution < -0.4 is 5.32 Å². The molecule has 3 rings (SSSR count). The van der Waals surface area contributed by atoms with Crippen molar-refractivity contribution in [1.29, 1.82) is 0 Å². The van der Waals surface area contributed by atoms with E-state index in [1.54, 1.807) is 6.07 Å². The first kappa shape index (κ1) is 15.7. The standard InChI is InChI=1S/C17H16FNO3S/c1-10(16(20)19-13-7-3-2-6-12(13)18)22-17(21)15-9-11-5-4-8-14(11)23-15/h2-3,6-7,9-10H,4-5,8H2,1H3,(H,19,20). The van der Waals surface area contributed by atoms with Gasteiger partial charge in [-0.05, 0) is 49.9 Å². The summed E-state index contributed by atoms with van der Waals surface area (Å²) >= 11 is 1.42. The van der Waals surface area contributed by atoms with Gasteiger partial charge in [-0.3, -0.25) is 4.79 Å². The predicted octanol–water partition coefficient (Wildman–Crippen LogP) is 3.56. The van der Waals surface area contributed by atoms with Crippen molar-refractivity contribution in [2.75, 3.05) is 5.32 Å². The van der Waals surface area contributed by atoms with Gasteiger partial charge in [0, 0.05) is 4.88 Å². The van der Waals surface area contributed by atoms with Gasteiger partial charge >= 0.3 is 5.97 Å². The van der Waals surface area contributed by atoms with Crippen molar-refractivity contribution in [3.8, 4) is 0 Å². The Hall–Kier alpha value is -2.21. The number of carbonyl (C=O) groups excluding carboxylic acids is 2. The number of hydrogen-bond acceptors (Lipinski definition) is 4. The van der Waals surface area contributed by atoms with E-state index in [1.165, 1.54) is 46.9 Å². The maximum Gasteiger partial charge on any atom is 0.349 e. The number of thiophene rings is 1. The maximum absolute atomic E-state index is 13.5. The molecule has 1 aliphatic rings. The molecule has 6 heteroatoms. The van der Waals surface area contributed by atoms with Gasteiger partial charge in [-0.25, -0.2) is 9.18 Å². The van der Waals surface area contributed by atoms with Gasteiger partial charge in [0.1, 0.15) is 10.7 Å². The summed E-state index contributed by atoms with van der Waals surface area (Å²) in [6.07, 6.45) is 2.11. The zero-order chi connectivity index (χ0) is 16.4. The molecule has 1 heterocycles. The topological polar surface area (TPSA) is 55.4 Å². The Morgan fingerprint density at radius 3 is 2.83 bits per heavy atom. The van der Waals surface area contributed by atoms with Gasteiger partial charge in [0.25, 0.3) is 5.91 Å². The number of rotatable bonds is 4. The highest BCUT2D eigenvalue weighted by Crippen LogP contribution is 2.31. The molecule has 0 fully saturated rings. The van der Waals surface area contributed by atoms with Gasteiger partial charge in [-0.2, -0.15) is 0 Å². The average molecular weight is 333 g/mol. The minimum Gasteiger partial charge on any atom is -0.448 e. The molecule has 0 spiro atoms. The van der Waals surface area contributed by atoms with E-state index in [1.807, 2.05) is 6.07 Å². The lowest BCUT2D eigenvalue weighted by Gasteiger charge is -2.13. The van der Waals surface area contributed by atoms with E-state index in [0.29, 0.717) is 4.88 Å². The number of fused-ring (bicyclic) bond motifs is 1. The van der Waals surface area contributed by atoms with Crippen molar-refractivity contribution in [3.63, 3.8) is 0 Å². The van der Waals surface area contributed by atoms with Crippen molar-refractivity contribution in [2.45, 2.75) is 32.3 Å². The van der Waals surface area contributed by atoms with E-state index in [2.05, 4.69) is 5.32 Å². The van der Waals surface area contributed by atoms with Crippen LogP contribution in [0.2, 0.25) is 0 Å². The van der Waals surface area contributed by atoms with Gasteiger partial charge < -0.3 is 10.1 Å². The Morgan fingerprint density at radius 2 is 2.09 bits per heavy atom. The Bertz CT molecular complexity index is 735. The summed E-state index contributed by atoms with van der Waals surface area (Å²) in [5.41, 5.74) is 1.26. The SMILES string of the molecule is CC(OC(=O)c1cc2c(s1)CCC2)C(=O)Nc1ccccc1F. The fourth-order valence-corrected chi connectivity index (χ4v) is 3.64. The van der Waals surface area contributed by atoms with Crippen molar-refractivity contribution in [1.82, 2.24) is 0 Å². The molecule has 1 aromatic heterocycles. The Morgan fingerprint density at radius 1 is 1.30 bits per heavy atom. The van der Waals surface area contributed by atoms with Crippen LogP contribution >= 0.6 is 11.3 Å². The molecule has 120 valence electrons. The largest absolute Gasteiger partial charge is 0.448 e. The van der Waals surface area contributed by atoms with Crippen molar-refractivity contribution in [3.05, 3.63) is 51.5 Å². The lowest BCUT2D eigenvalue weighted by molar-refractivity contribution is -0.123. The number of benzene rings is 1. The number of ether oxygens (including phenoxy) is 1. The number of esters is 1. The third kappa shape index (κ3) is 3.42. The monoisotopic (exact) mass is 333 g/mol. The third-order valence-corrected chi connectivity index (χ3v) is 4.95. The molecule has 1 unspecified atom stereocenters. The average Bonchev–Trinajstić information content (AvgIpc) is 3.10. The fraction of sp³-hybridized carbons (Fsp3) is 0.294. The minimum absolute atomic E-state index is 0.0653. The number of nitrogens with one attached hydrogen (secondary N) is 1. The van der Waals surface area contributed by atoms with Gasteiger partial charge in [-0.1, -0.05) is 12.1 Å². The van der Waals surface area contributed by atoms with Crippen LogP contribution in [0.25, 0.3) is 0 Å². The second-order valence-electron chi connectivity index (χ2n) is 5.43. The zero-order valence-corrected chi connectivity index (χ0v) is 13.4. The molecule has 0 saturated heterocycles. The molecule has 0 saturated carbocycles. The lowest BCUT2D eigenvalue weighted by Crippen LogP contribution is -2.30. The Labute approximate surface area is 137 Å². The first-order valence-corrected chi connectivity index (χ1v) is 8.24. The minimum atomic E-state index is -1.00. The second kappa shape index (κ2) is 6.50. The summed E-state index contributed by atoms with van der Waals surface area (Å²) in [4.78, 5) is 25.9. The molecule has 23 heavy (non-hydrogen) atoms. The number of amides is 1. The molecular formula is C17H16FNO3S. The number of para-hydroxylation sites is 1. The molecule has 1 amide bonds. The summed E-state index contributed by atoms with van der Waals surface area (Å²) in [5.74, 6) is -1.61. The van der Waals surface area contributed by atoms with E-state index < -0.39 is 23.8 Å². The van der Waals surface area contributed by atoms with Crippen LogP contribution in [0.3, 0.4) is 0 Å². The van der Waals surface area contributed by atoms with E-state index in [4.69, 9.17) is 4.74 Å². The molecule has 1 aromatic carbocycles. The van der Waals surface area contributed by atoms with Gasteiger partial charge in [0.15, 0.2) is 6.10 Å². The molecule has 0 aliphatic heterocycles. The van der Waals surface area contributed by atoms with Crippen LogP contribution in [0.15, 0.2) is 30.3 Å². The summed E-state index contributed by atoms with van der Waals surface area (Å²) in [6, 6.07) is 7.69. The molecule has 4 nitrogen and oxygen atoms in total. The highest BCUT2D eigenvalue weighted by molar-refractivity contribution is 7.14. The molecule has 1 atom stereocenters. The number of hydrogen-bond donors (Lipinski definition) is 1. The van der Waals surface area contributed by atoms with Crippen LogP contribution in [0.1, 0.15) is 33.5 Å². The van der Waals surface area contributed by atoms with Gasteiger partial charge in [-0.15, -0.1) is 11.3 Å². The molecule has 0 radical (unpaired) electrons. The van der Waals surface area contributed by atoms with Gasteiger partial charge in [0.05, 0.1) is 5.69 Å². The second-order valence-corrected chi connectivity index (χ2v) is 6.57. The molecule has 2 aromatic rings. The predicted molar refractivity (Wildman–Crippen MR) is 86.3 cm³/mol. The van der Waals surface area contributed by atoms with Crippen molar-refractivity contribution < 1.29 is 18.7 Å². The summed E-state index contributed by atoms with van der Waals surface area (Å²) in [6.45, 7) is 1.47. The van der Waals surface area contributed by atoms with E-state index in [-0.39, 0.29) is 5.69 Å². The molecule has 1 aliphatic carbocycles. The number of halogens is 1. The molecule has 1 N–H and O–H groups in total. The number of aryl methyl sites for hydroxylation is 2. The van der Waals surface area contributed by atoms with E-state index in [9.17, 15) is 14.0 Å². The quantitative estimate of drug-likeness (QED) is 0.871. The molecule has 0 bridgehead atoms. The number of carbonyl (C=O) groups is 2. The normalized spacial score (nSPS) is 14.2. The van der Waals surface area contributed by atoms with E-state index in [0.717, 1.165) is 19.3 Å². The summed E-state index contributed by atoms with van der Waals surface area (Å²) in [5, 5.41) is 2.42. The highest BCUT2D eigenvalue weighted by atomic mass is 32.1. The van der Waals surface area contributed by atoms with Crippen LogP contribution in [0.5, 0.6) is 0 Å².